The zero-order valence-corrected chi connectivity index (χ0v) is 10.8. The molecule has 19 heavy (non-hydrogen) atoms. The van der Waals surface area contributed by atoms with E-state index in [4.69, 9.17) is 0 Å². The van der Waals surface area contributed by atoms with Crippen molar-refractivity contribution in [1.29, 1.82) is 0 Å². The number of hydrogen-bond acceptors (Lipinski definition) is 2. The highest BCUT2D eigenvalue weighted by Crippen LogP contribution is 2.22. The molecule has 0 fully saturated rings. The van der Waals surface area contributed by atoms with Crippen LogP contribution >= 0.6 is 0 Å². The maximum atomic E-state index is 12.9. The van der Waals surface area contributed by atoms with Gasteiger partial charge in [-0.25, -0.2) is 9.37 Å². The van der Waals surface area contributed by atoms with Gasteiger partial charge in [-0.1, -0.05) is 12.1 Å². The predicted molar refractivity (Wildman–Crippen MR) is 70.3 cm³/mol. The van der Waals surface area contributed by atoms with E-state index in [2.05, 4.69) is 9.55 Å². The van der Waals surface area contributed by atoms with Crippen molar-refractivity contribution in [3.63, 3.8) is 0 Å². The van der Waals surface area contributed by atoms with Crippen LogP contribution in [0.4, 0.5) is 4.39 Å². The summed E-state index contributed by atoms with van der Waals surface area (Å²) in [5, 5.41) is 9.38. The van der Waals surface area contributed by atoms with Crippen LogP contribution < -0.4 is 0 Å². The number of nitrogens with zero attached hydrogens (tertiary/aromatic N) is 2. The van der Waals surface area contributed by atoms with E-state index in [0.717, 1.165) is 42.9 Å². The number of benzene rings is 1. The lowest BCUT2D eigenvalue weighted by Gasteiger charge is -2.17. The second kappa shape index (κ2) is 5.13. The van der Waals surface area contributed by atoms with Gasteiger partial charge in [0.05, 0.1) is 12.3 Å². The molecule has 4 heteroatoms. The fourth-order valence-corrected chi connectivity index (χ4v) is 2.74. The van der Waals surface area contributed by atoms with Crippen LogP contribution in [0.1, 0.15) is 35.6 Å². The quantitative estimate of drug-likeness (QED) is 0.920. The minimum atomic E-state index is -0.218. The third-order valence-corrected chi connectivity index (χ3v) is 3.71. The number of aliphatic hydroxyl groups is 1. The maximum absolute atomic E-state index is 12.9. The van der Waals surface area contributed by atoms with E-state index in [0.29, 0.717) is 6.42 Å². The summed E-state index contributed by atoms with van der Waals surface area (Å²) in [4.78, 5) is 4.55. The first kappa shape index (κ1) is 12.4. The molecule has 0 unspecified atom stereocenters. The molecule has 3 rings (SSSR count). The number of rotatable bonds is 3. The molecule has 0 bridgehead atoms. The predicted octanol–water partition coefficient (Wildman–Crippen LogP) is 2.44. The molecular formula is C15H17FN2O. The largest absolute Gasteiger partial charge is 0.390 e. The van der Waals surface area contributed by atoms with Gasteiger partial charge in [-0.15, -0.1) is 0 Å². The van der Waals surface area contributed by atoms with E-state index < -0.39 is 0 Å². The van der Waals surface area contributed by atoms with E-state index in [9.17, 15) is 9.50 Å². The van der Waals surface area contributed by atoms with Crippen LogP contribution in [-0.4, -0.2) is 14.7 Å². The third-order valence-electron chi connectivity index (χ3n) is 3.71. The van der Waals surface area contributed by atoms with Crippen LogP contribution in [0.3, 0.4) is 0 Å². The first-order valence-corrected chi connectivity index (χ1v) is 6.70. The van der Waals surface area contributed by atoms with Gasteiger partial charge in [0.1, 0.15) is 11.6 Å². The Balaban J connectivity index is 1.92. The number of aliphatic hydroxyl groups excluding tert-OH is 1. The Labute approximate surface area is 111 Å². The lowest BCUT2D eigenvalue weighted by Crippen LogP contribution is -2.13. The number of aromatic nitrogens is 2. The maximum Gasteiger partial charge on any atom is 0.123 e. The summed E-state index contributed by atoms with van der Waals surface area (Å²) >= 11 is 0. The fraction of sp³-hybridized carbons (Fsp3) is 0.400. The number of hydrogen-bond donors (Lipinski definition) is 1. The van der Waals surface area contributed by atoms with Crippen LogP contribution in [0.15, 0.2) is 24.3 Å². The van der Waals surface area contributed by atoms with Gasteiger partial charge in [0.2, 0.25) is 0 Å². The number of fused-ring (bicyclic) bond motifs is 1. The monoisotopic (exact) mass is 260 g/mol. The first-order chi connectivity index (χ1) is 9.28. The number of halogens is 1. The van der Waals surface area contributed by atoms with Gasteiger partial charge in [-0.2, -0.15) is 0 Å². The summed E-state index contributed by atoms with van der Waals surface area (Å²) in [5.41, 5.74) is 3.02. The Hall–Kier alpha value is -1.68. The van der Waals surface area contributed by atoms with Gasteiger partial charge in [-0.3, -0.25) is 0 Å². The molecule has 1 aliphatic rings. The average Bonchev–Trinajstić information content (AvgIpc) is 2.80. The Bertz CT molecular complexity index is 575. The van der Waals surface area contributed by atoms with Crippen LogP contribution in [0.5, 0.6) is 0 Å². The Morgan fingerprint density at radius 2 is 2.00 bits per heavy atom. The van der Waals surface area contributed by atoms with Crippen LogP contribution in [0.25, 0.3) is 0 Å². The van der Waals surface area contributed by atoms with Gasteiger partial charge >= 0.3 is 0 Å². The number of imidazole rings is 1. The topological polar surface area (TPSA) is 38.1 Å². The molecule has 2 heterocycles. The molecule has 0 saturated heterocycles. The minimum absolute atomic E-state index is 0.00124. The molecule has 0 saturated carbocycles. The van der Waals surface area contributed by atoms with Crippen molar-refractivity contribution in [2.75, 3.05) is 0 Å². The normalized spacial score (nSPS) is 14.4. The van der Waals surface area contributed by atoms with Crippen molar-refractivity contribution in [3.8, 4) is 0 Å². The van der Waals surface area contributed by atoms with Crippen molar-refractivity contribution in [3.05, 3.63) is 52.9 Å². The lowest BCUT2D eigenvalue weighted by molar-refractivity contribution is 0.275. The molecule has 1 aromatic heterocycles. The highest BCUT2D eigenvalue weighted by atomic mass is 19.1. The van der Waals surface area contributed by atoms with Crippen LogP contribution in [0, 0.1) is 5.82 Å². The van der Waals surface area contributed by atoms with Gasteiger partial charge in [0, 0.05) is 18.7 Å². The third kappa shape index (κ3) is 2.40. The summed E-state index contributed by atoms with van der Waals surface area (Å²) in [6.45, 7) is 0.970. The van der Waals surface area contributed by atoms with E-state index in [1.165, 1.54) is 17.8 Å². The molecule has 3 nitrogen and oxygen atoms in total. The van der Waals surface area contributed by atoms with E-state index >= 15 is 0 Å². The smallest absolute Gasteiger partial charge is 0.123 e. The standard InChI is InChI=1S/C15H17FN2O/c16-12-6-4-11(5-7-12)9-15-17-13(10-19)14-3-1-2-8-18(14)15/h4-7,19H,1-3,8-10H2. The average molecular weight is 260 g/mol. The summed E-state index contributed by atoms with van der Waals surface area (Å²) in [5.74, 6) is 0.760. The molecule has 0 amide bonds. The summed E-state index contributed by atoms with van der Waals surface area (Å²) in [6, 6.07) is 6.53. The summed E-state index contributed by atoms with van der Waals surface area (Å²) in [6.07, 6.45) is 4.00. The summed E-state index contributed by atoms with van der Waals surface area (Å²) < 4.78 is 15.1. The molecule has 0 aliphatic carbocycles. The van der Waals surface area contributed by atoms with E-state index in [1.54, 1.807) is 12.1 Å². The Morgan fingerprint density at radius 3 is 2.74 bits per heavy atom. The van der Waals surface area contributed by atoms with Crippen molar-refractivity contribution in [2.45, 2.75) is 38.8 Å². The van der Waals surface area contributed by atoms with Gasteiger partial charge in [-0.05, 0) is 37.0 Å². The van der Waals surface area contributed by atoms with Crippen LogP contribution in [0.2, 0.25) is 0 Å². The van der Waals surface area contributed by atoms with Crippen molar-refractivity contribution >= 4 is 0 Å². The molecule has 2 aromatic rings. The SMILES string of the molecule is OCc1nc(Cc2ccc(F)cc2)n2c1CCCC2. The molecule has 1 N–H and O–H groups in total. The van der Waals surface area contributed by atoms with Gasteiger partial charge < -0.3 is 9.67 Å². The van der Waals surface area contributed by atoms with Crippen molar-refractivity contribution < 1.29 is 9.50 Å². The molecule has 1 aliphatic heterocycles. The summed E-state index contributed by atoms with van der Waals surface area (Å²) in [7, 11) is 0. The zero-order valence-electron chi connectivity index (χ0n) is 10.8. The molecule has 0 spiro atoms. The second-order valence-corrected chi connectivity index (χ2v) is 4.99. The van der Waals surface area contributed by atoms with Gasteiger partial charge in [0.15, 0.2) is 0 Å². The van der Waals surface area contributed by atoms with Crippen molar-refractivity contribution in [1.82, 2.24) is 9.55 Å². The Kier molecular flexibility index (Phi) is 3.34. The molecular weight excluding hydrogens is 243 g/mol. The molecule has 0 radical (unpaired) electrons. The molecule has 0 atom stereocenters. The highest BCUT2D eigenvalue weighted by molar-refractivity contribution is 5.25. The molecule has 1 aromatic carbocycles. The fourth-order valence-electron chi connectivity index (χ4n) is 2.74. The van der Waals surface area contributed by atoms with Crippen molar-refractivity contribution in [2.24, 2.45) is 0 Å². The van der Waals surface area contributed by atoms with E-state index in [-0.39, 0.29) is 12.4 Å². The highest BCUT2D eigenvalue weighted by Gasteiger charge is 2.19. The zero-order chi connectivity index (χ0) is 13.2. The Morgan fingerprint density at radius 1 is 1.21 bits per heavy atom. The first-order valence-electron chi connectivity index (χ1n) is 6.70. The second-order valence-electron chi connectivity index (χ2n) is 4.99. The molecule has 100 valence electrons. The van der Waals surface area contributed by atoms with Gasteiger partial charge in [0.25, 0.3) is 0 Å². The minimum Gasteiger partial charge on any atom is -0.390 e. The van der Waals surface area contributed by atoms with Crippen LogP contribution in [-0.2, 0) is 26.0 Å². The lowest BCUT2D eigenvalue weighted by atomic mass is 10.1. The van der Waals surface area contributed by atoms with E-state index in [1.807, 2.05) is 0 Å².